The predicted octanol–water partition coefficient (Wildman–Crippen LogP) is 3.25. The van der Waals surface area contributed by atoms with E-state index >= 15 is 0 Å². The minimum Gasteiger partial charge on any atom is -0.366 e. The molecule has 0 radical (unpaired) electrons. The molecular formula is C13H16ClN3. The van der Waals surface area contributed by atoms with Gasteiger partial charge in [0.05, 0.1) is 5.56 Å². The largest absolute Gasteiger partial charge is 0.366 e. The van der Waals surface area contributed by atoms with Gasteiger partial charge in [0, 0.05) is 18.7 Å². The normalized spacial score (nSPS) is 15.4. The van der Waals surface area contributed by atoms with Crippen molar-refractivity contribution in [3.8, 4) is 11.8 Å². The Kier molecular flexibility index (Phi) is 4.22. The zero-order valence-electron chi connectivity index (χ0n) is 9.96. The third kappa shape index (κ3) is 3.34. The van der Waals surface area contributed by atoms with E-state index in [-0.39, 0.29) is 5.28 Å². The van der Waals surface area contributed by atoms with E-state index in [0.717, 1.165) is 17.8 Å². The third-order valence-electron chi connectivity index (χ3n) is 2.86. The number of nitrogens with one attached hydrogen (secondary N) is 1. The van der Waals surface area contributed by atoms with Gasteiger partial charge in [-0.1, -0.05) is 31.6 Å². The second-order valence-electron chi connectivity index (χ2n) is 4.18. The smallest absolute Gasteiger partial charge is 0.224 e. The van der Waals surface area contributed by atoms with Crippen LogP contribution in [-0.4, -0.2) is 16.0 Å². The molecule has 2 rings (SSSR count). The summed E-state index contributed by atoms with van der Waals surface area (Å²) in [6, 6.07) is 0.503. The fourth-order valence-corrected chi connectivity index (χ4v) is 2.14. The van der Waals surface area contributed by atoms with Crippen molar-refractivity contribution in [1.82, 2.24) is 9.97 Å². The molecule has 0 aromatic carbocycles. The Morgan fingerprint density at radius 3 is 2.94 bits per heavy atom. The van der Waals surface area contributed by atoms with E-state index < -0.39 is 0 Å². The Labute approximate surface area is 107 Å². The first-order valence-corrected chi connectivity index (χ1v) is 6.45. The fourth-order valence-electron chi connectivity index (χ4n) is 2.01. The Morgan fingerprint density at radius 2 is 2.24 bits per heavy atom. The van der Waals surface area contributed by atoms with Crippen molar-refractivity contribution in [2.75, 3.05) is 5.32 Å². The third-order valence-corrected chi connectivity index (χ3v) is 3.04. The molecule has 3 nitrogen and oxygen atoms in total. The number of hydrogen-bond acceptors (Lipinski definition) is 3. The molecule has 0 saturated heterocycles. The number of hydrogen-bond donors (Lipinski definition) is 1. The maximum Gasteiger partial charge on any atom is 0.224 e. The molecule has 0 unspecified atom stereocenters. The van der Waals surface area contributed by atoms with Crippen LogP contribution in [0.5, 0.6) is 0 Å². The highest BCUT2D eigenvalue weighted by molar-refractivity contribution is 6.28. The van der Waals surface area contributed by atoms with Crippen LogP contribution in [0.25, 0.3) is 0 Å². The number of rotatable bonds is 2. The van der Waals surface area contributed by atoms with Crippen LogP contribution in [0.4, 0.5) is 5.82 Å². The van der Waals surface area contributed by atoms with Gasteiger partial charge >= 0.3 is 0 Å². The Bertz CT molecular complexity index is 442. The maximum absolute atomic E-state index is 5.83. The average molecular weight is 250 g/mol. The lowest BCUT2D eigenvalue weighted by molar-refractivity contribution is 0.749. The Hall–Kier alpha value is -1.27. The van der Waals surface area contributed by atoms with Crippen molar-refractivity contribution in [1.29, 1.82) is 0 Å². The summed E-state index contributed by atoms with van der Waals surface area (Å²) in [4.78, 5) is 8.21. The van der Waals surface area contributed by atoms with Crippen molar-refractivity contribution in [3.63, 3.8) is 0 Å². The first kappa shape index (κ1) is 12.2. The molecule has 0 spiro atoms. The predicted molar refractivity (Wildman–Crippen MR) is 70.1 cm³/mol. The molecule has 0 bridgehead atoms. The van der Waals surface area contributed by atoms with Crippen LogP contribution in [0.2, 0.25) is 5.28 Å². The minimum absolute atomic E-state index is 0.271. The molecule has 1 aliphatic carbocycles. The lowest BCUT2D eigenvalue weighted by Gasteiger charge is -2.13. The first-order valence-electron chi connectivity index (χ1n) is 6.07. The van der Waals surface area contributed by atoms with Crippen molar-refractivity contribution in [2.45, 2.75) is 45.1 Å². The highest BCUT2D eigenvalue weighted by Crippen LogP contribution is 2.23. The molecule has 0 atom stereocenters. The molecule has 1 heterocycles. The van der Waals surface area contributed by atoms with Crippen LogP contribution < -0.4 is 5.32 Å². The van der Waals surface area contributed by atoms with Crippen LogP contribution in [0.3, 0.4) is 0 Å². The van der Waals surface area contributed by atoms with Gasteiger partial charge in [-0.15, -0.1) is 0 Å². The van der Waals surface area contributed by atoms with Crippen LogP contribution in [0.1, 0.15) is 44.6 Å². The lowest BCUT2D eigenvalue weighted by atomic mass is 10.2. The van der Waals surface area contributed by atoms with E-state index in [9.17, 15) is 0 Å². The standard InChI is InChI=1S/C13H16ClN3/c1-2-3-6-10-9-15-13(14)17-12(10)16-11-7-4-5-8-11/h9,11H,2,4-5,7-8H2,1H3,(H,15,16,17). The van der Waals surface area contributed by atoms with Crippen LogP contribution in [0.15, 0.2) is 6.20 Å². The molecule has 0 aliphatic heterocycles. The monoisotopic (exact) mass is 249 g/mol. The van der Waals surface area contributed by atoms with Crippen LogP contribution in [0, 0.1) is 11.8 Å². The highest BCUT2D eigenvalue weighted by atomic mass is 35.5. The molecule has 4 heteroatoms. The van der Waals surface area contributed by atoms with Gasteiger partial charge in [0.15, 0.2) is 0 Å². The van der Waals surface area contributed by atoms with E-state index in [0.29, 0.717) is 6.04 Å². The van der Waals surface area contributed by atoms with Gasteiger partial charge in [-0.05, 0) is 24.4 Å². The molecule has 1 saturated carbocycles. The first-order chi connectivity index (χ1) is 8.29. The molecule has 17 heavy (non-hydrogen) atoms. The molecule has 90 valence electrons. The van der Waals surface area contributed by atoms with E-state index in [1.54, 1.807) is 6.20 Å². The van der Waals surface area contributed by atoms with Crippen LogP contribution in [-0.2, 0) is 0 Å². The zero-order chi connectivity index (χ0) is 12.1. The molecule has 0 amide bonds. The summed E-state index contributed by atoms with van der Waals surface area (Å²) >= 11 is 5.83. The van der Waals surface area contributed by atoms with E-state index in [1.165, 1.54) is 25.7 Å². The summed E-state index contributed by atoms with van der Waals surface area (Å²) < 4.78 is 0. The molecule has 1 aromatic heterocycles. The van der Waals surface area contributed by atoms with E-state index in [1.807, 2.05) is 6.92 Å². The van der Waals surface area contributed by atoms with Gasteiger partial charge in [0.1, 0.15) is 5.82 Å². The second kappa shape index (κ2) is 5.88. The van der Waals surface area contributed by atoms with Crippen LogP contribution >= 0.6 is 11.6 Å². The summed E-state index contributed by atoms with van der Waals surface area (Å²) in [6.45, 7) is 2.02. The zero-order valence-corrected chi connectivity index (χ0v) is 10.7. The number of nitrogens with zero attached hydrogens (tertiary/aromatic N) is 2. The molecule has 1 fully saturated rings. The van der Waals surface area contributed by atoms with Gasteiger partial charge in [-0.25, -0.2) is 4.98 Å². The van der Waals surface area contributed by atoms with Crippen molar-refractivity contribution < 1.29 is 0 Å². The van der Waals surface area contributed by atoms with Gasteiger partial charge in [-0.2, -0.15) is 4.98 Å². The van der Waals surface area contributed by atoms with E-state index in [4.69, 9.17) is 11.6 Å². The van der Waals surface area contributed by atoms with Gasteiger partial charge < -0.3 is 5.32 Å². The average Bonchev–Trinajstić information content (AvgIpc) is 2.81. The highest BCUT2D eigenvalue weighted by Gasteiger charge is 2.16. The van der Waals surface area contributed by atoms with Gasteiger partial charge in [0.25, 0.3) is 0 Å². The summed E-state index contributed by atoms with van der Waals surface area (Å²) in [5.41, 5.74) is 0.836. The maximum atomic E-state index is 5.83. The summed E-state index contributed by atoms with van der Waals surface area (Å²) in [7, 11) is 0. The minimum atomic E-state index is 0.271. The molecule has 1 N–H and O–H groups in total. The summed E-state index contributed by atoms with van der Waals surface area (Å²) in [5.74, 6) is 6.88. The number of anilines is 1. The van der Waals surface area contributed by atoms with Gasteiger partial charge in [0.2, 0.25) is 5.28 Å². The van der Waals surface area contributed by atoms with E-state index in [2.05, 4.69) is 27.1 Å². The SMILES string of the molecule is CCC#Cc1cnc(Cl)nc1NC1CCCC1. The van der Waals surface area contributed by atoms with Crippen molar-refractivity contribution in [2.24, 2.45) is 0 Å². The molecule has 1 aromatic rings. The number of halogens is 1. The quantitative estimate of drug-likeness (QED) is 0.646. The summed E-state index contributed by atoms with van der Waals surface area (Å²) in [5, 5.41) is 3.69. The van der Waals surface area contributed by atoms with Gasteiger partial charge in [-0.3, -0.25) is 0 Å². The Morgan fingerprint density at radius 1 is 1.47 bits per heavy atom. The Balaban J connectivity index is 2.19. The number of aromatic nitrogens is 2. The summed E-state index contributed by atoms with van der Waals surface area (Å²) in [6.07, 6.45) is 7.48. The fraction of sp³-hybridized carbons (Fsp3) is 0.538. The van der Waals surface area contributed by atoms with Crippen molar-refractivity contribution >= 4 is 17.4 Å². The molecular weight excluding hydrogens is 234 g/mol. The topological polar surface area (TPSA) is 37.8 Å². The van der Waals surface area contributed by atoms with Crippen molar-refractivity contribution in [3.05, 3.63) is 17.0 Å². The second-order valence-corrected chi connectivity index (χ2v) is 4.52. The lowest BCUT2D eigenvalue weighted by Crippen LogP contribution is -2.16. The molecule has 1 aliphatic rings.